The summed E-state index contributed by atoms with van der Waals surface area (Å²) in [5.41, 5.74) is 1.36. The Balaban J connectivity index is 1.40. The van der Waals surface area contributed by atoms with Gasteiger partial charge in [-0.25, -0.2) is 13.4 Å². The summed E-state index contributed by atoms with van der Waals surface area (Å²) < 4.78 is 34.4. The molecule has 0 bridgehead atoms. The summed E-state index contributed by atoms with van der Waals surface area (Å²) >= 11 is 6.06. The standard InChI is InChI=1S/C24H29ClN6O6S/c1-29-6-4-19-20(14-29)37-23(28-19)24(34)30-7-8-31(17(13-30)12-21(33)26-5-9-32)38(35,36)22-11-15-10-16(25)2-3-18(15)27-22/h2-3,10-11,17,27,32H,4-9,12-14H2,1H3,(H,26,33). The van der Waals surface area contributed by atoms with E-state index in [0.717, 1.165) is 12.2 Å². The van der Waals surface area contributed by atoms with Gasteiger partial charge in [0.15, 0.2) is 0 Å². The smallest absolute Gasteiger partial charge is 0.309 e. The van der Waals surface area contributed by atoms with Gasteiger partial charge >= 0.3 is 5.91 Å². The molecule has 5 rings (SSSR count). The lowest BCUT2D eigenvalue weighted by Crippen LogP contribution is -2.57. The fourth-order valence-corrected chi connectivity index (χ4v) is 6.68. The first-order valence-electron chi connectivity index (χ1n) is 12.3. The normalized spacial score (nSPS) is 19.0. The second-order valence-corrected chi connectivity index (χ2v) is 11.8. The van der Waals surface area contributed by atoms with Gasteiger partial charge in [0.05, 0.1) is 24.9 Å². The number of hydrogen-bond acceptors (Lipinski definition) is 8. The number of aromatic amines is 1. The van der Waals surface area contributed by atoms with Crippen LogP contribution in [-0.4, -0.2) is 102 Å². The second-order valence-electron chi connectivity index (χ2n) is 9.54. The number of nitrogens with one attached hydrogen (secondary N) is 2. The molecular formula is C24H29ClN6O6S. The van der Waals surface area contributed by atoms with Gasteiger partial charge < -0.3 is 24.7 Å². The van der Waals surface area contributed by atoms with Gasteiger partial charge in [0.25, 0.3) is 15.9 Å². The lowest BCUT2D eigenvalue weighted by Gasteiger charge is -2.39. The number of rotatable bonds is 7. The molecule has 0 saturated carbocycles. The number of oxazole rings is 1. The van der Waals surface area contributed by atoms with Crippen molar-refractivity contribution in [3.05, 3.63) is 46.6 Å². The monoisotopic (exact) mass is 564 g/mol. The molecule has 2 aliphatic rings. The van der Waals surface area contributed by atoms with Gasteiger partial charge in [-0.2, -0.15) is 4.31 Å². The van der Waals surface area contributed by atoms with Crippen LogP contribution in [0.5, 0.6) is 0 Å². The largest absolute Gasteiger partial charge is 0.436 e. The number of H-pyrrole nitrogens is 1. The van der Waals surface area contributed by atoms with E-state index in [9.17, 15) is 18.0 Å². The Morgan fingerprint density at radius 2 is 2.08 bits per heavy atom. The molecule has 1 atom stereocenters. The van der Waals surface area contributed by atoms with Crippen molar-refractivity contribution in [1.29, 1.82) is 0 Å². The summed E-state index contributed by atoms with van der Waals surface area (Å²) in [4.78, 5) is 36.7. The van der Waals surface area contributed by atoms with Crippen molar-refractivity contribution in [1.82, 2.24) is 29.4 Å². The summed E-state index contributed by atoms with van der Waals surface area (Å²) in [7, 11) is -2.09. The number of carbonyl (C=O) groups excluding carboxylic acids is 2. The minimum Gasteiger partial charge on any atom is -0.436 e. The average Bonchev–Trinajstić information content (AvgIpc) is 3.51. The Morgan fingerprint density at radius 1 is 1.26 bits per heavy atom. The number of piperazine rings is 1. The highest BCUT2D eigenvalue weighted by Gasteiger charge is 2.40. The van der Waals surface area contributed by atoms with E-state index in [1.165, 1.54) is 15.3 Å². The van der Waals surface area contributed by atoms with E-state index >= 15 is 0 Å². The zero-order chi connectivity index (χ0) is 27.0. The number of likely N-dealkylation sites (N-methyl/N-ethyl adjacent to an activating group) is 1. The van der Waals surface area contributed by atoms with E-state index in [4.69, 9.17) is 21.1 Å². The third-order valence-electron chi connectivity index (χ3n) is 6.82. The van der Waals surface area contributed by atoms with Crippen LogP contribution in [0.4, 0.5) is 0 Å². The van der Waals surface area contributed by atoms with Crippen LogP contribution in [-0.2, 0) is 27.8 Å². The lowest BCUT2D eigenvalue weighted by atomic mass is 10.1. The van der Waals surface area contributed by atoms with Crippen molar-refractivity contribution < 1.29 is 27.5 Å². The lowest BCUT2D eigenvalue weighted by molar-refractivity contribution is -0.122. The van der Waals surface area contributed by atoms with E-state index in [2.05, 4.69) is 20.2 Å². The molecule has 204 valence electrons. The zero-order valence-corrected chi connectivity index (χ0v) is 22.4. The first-order chi connectivity index (χ1) is 18.2. The van der Waals surface area contributed by atoms with Gasteiger partial charge in [0, 0.05) is 61.5 Å². The molecule has 0 radical (unpaired) electrons. The molecule has 1 unspecified atom stereocenters. The number of nitrogens with zero attached hydrogens (tertiary/aromatic N) is 4. The molecule has 0 aliphatic carbocycles. The number of hydrogen-bond donors (Lipinski definition) is 3. The fourth-order valence-electron chi connectivity index (χ4n) is 4.88. The predicted molar refractivity (Wildman–Crippen MR) is 138 cm³/mol. The molecular weight excluding hydrogens is 536 g/mol. The topological polar surface area (TPSA) is 152 Å². The molecule has 3 N–H and O–H groups in total. The van der Waals surface area contributed by atoms with Crippen molar-refractivity contribution in [2.75, 3.05) is 46.4 Å². The Bertz CT molecular complexity index is 1470. The average molecular weight is 565 g/mol. The first-order valence-corrected chi connectivity index (χ1v) is 14.1. The number of benzene rings is 1. The Hall–Kier alpha value is -2.97. The van der Waals surface area contributed by atoms with Gasteiger partial charge in [-0.3, -0.25) is 14.5 Å². The van der Waals surface area contributed by atoms with Crippen molar-refractivity contribution in [2.24, 2.45) is 0 Å². The quantitative estimate of drug-likeness (QED) is 0.381. The minimum absolute atomic E-state index is 0.0225. The number of aromatic nitrogens is 2. The highest BCUT2D eigenvalue weighted by molar-refractivity contribution is 7.89. The highest BCUT2D eigenvalue weighted by Crippen LogP contribution is 2.28. The maximum absolute atomic E-state index is 13.7. The van der Waals surface area contributed by atoms with Crippen LogP contribution in [0.15, 0.2) is 33.7 Å². The summed E-state index contributed by atoms with van der Waals surface area (Å²) in [6.45, 7) is 1.23. The third-order valence-corrected chi connectivity index (χ3v) is 8.93. The first kappa shape index (κ1) is 26.6. The van der Waals surface area contributed by atoms with Crippen molar-refractivity contribution >= 4 is 44.3 Å². The second kappa shape index (κ2) is 10.7. The molecule has 1 saturated heterocycles. The van der Waals surface area contributed by atoms with Gasteiger partial charge in [-0.15, -0.1) is 0 Å². The molecule has 38 heavy (non-hydrogen) atoms. The van der Waals surface area contributed by atoms with Crippen LogP contribution in [0, 0.1) is 0 Å². The van der Waals surface area contributed by atoms with Crippen LogP contribution in [0.1, 0.15) is 28.6 Å². The van der Waals surface area contributed by atoms with Crippen molar-refractivity contribution in [2.45, 2.75) is 30.5 Å². The van der Waals surface area contributed by atoms with E-state index in [1.54, 1.807) is 18.2 Å². The molecule has 14 heteroatoms. The Labute approximate surface area is 224 Å². The van der Waals surface area contributed by atoms with Gasteiger partial charge in [-0.05, 0) is 31.3 Å². The Kier molecular flexibility index (Phi) is 7.47. The van der Waals surface area contributed by atoms with Crippen LogP contribution in [0.2, 0.25) is 5.02 Å². The molecule has 1 fully saturated rings. The molecule has 4 heterocycles. The number of aliphatic hydroxyl groups is 1. The predicted octanol–water partition coefficient (Wildman–Crippen LogP) is 0.811. The number of amides is 2. The van der Waals surface area contributed by atoms with Crippen LogP contribution < -0.4 is 5.32 Å². The summed E-state index contributed by atoms with van der Waals surface area (Å²) in [6, 6.07) is 5.68. The van der Waals surface area contributed by atoms with E-state index < -0.39 is 27.9 Å². The summed E-state index contributed by atoms with van der Waals surface area (Å²) in [5.74, 6) is -0.253. The van der Waals surface area contributed by atoms with Crippen LogP contribution in [0.3, 0.4) is 0 Å². The minimum atomic E-state index is -4.05. The van der Waals surface area contributed by atoms with Gasteiger partial charge in [-0.1, -0.05) is 11.6 Å². The molecule has 0 spiro atoms. The van der Waals surface area contributed by atoms with Crippen molar-refractivity contribution in [3.63, 3.8) is 0 Å². The van der Waals surface area contributed by atoms with Gasteiger partial charge in [0.2, 0.25) is 5.91 Å². The maximum Gasteiger partial charge on any atom is 0.309 e. The maximum atomic E-state index is 13.7. The number of fused-ring (bicyclic) bond motifs is 2. The van der Waals surface area contributed by atoms with E-state index in [-0.39, 0.29) is 50.1 Å². The molecule has 2 aliphatic heterocycles. The molecule has 2 aromatic heterocycles. The van der Waals surface area contributed by atoms with Crippen molar-refractivity contribution in [3.8, 4) is 0 Å². The molecule has 12 nitrogen and oxygen atoms in total. The summed E-state index contributed by atoms with van der Waals surface area (Å²) in [6.07, 6.45) is 0.486. The fraction of sp³-hybridized carbons (Fsp3) is 0.458. The number of halogens is 1. The van der Waals surface area contributed by atoms with E-state index in [0.29, 0.717) is 34.7 Å². The van der Waals surface area contributed by atoms with Gasteiger partial charge in [0.1, 0.15) is 10.8 Å². The zero-order valence-electron chi connectivity index (χ0n) is 20.8. The number of aliphatic hydroxyl groups excluding tert-OH is 1. The van der Waals surface area contributed by atoms with Crippen LogP contribution in [0.25, 0.3) is 10.9 Å². The molecule has 1 aromatic carbocycles. The molecule has 2 amide bonds. The molecule has 3 aromatic rings. The summed E-state index contributed by atoms with van der Waals surface area (Å²) in [5, 5.41) is 12.7. The SMILES string of the molecule is CN1CCc2nc(C(=O)N3CCN(S(=O)(=O)c4cc5cc(Cl)ccc5[nH]4)C(CC(=O)NCCO)C3)oc2C1. The number of sulfonamides is 1. The van der Waals surface area contributed by atoms with Crippen LogP contribution >= 0.6 is 11.6 Å². The highest BCUT2D eigenvalue weighted by atomic mass is 35.5. The number of carbonyl (C=O) groups is 2. The Morgan fingerprint density at radius 3 is 2.87 bits per heavy atom. The van der Waals surface area contributed by atoms with E-state index in [1.807, 2.05) is 7.05 Å². The third kappa shape index (κ3) is 5.29.